The Morgan fingerprint density at radius 2 is 1.74 bits per heavy atom. The summed E-state index contributed by atoms with van der Waals surface area (Å²) in [5.41, 5.74) is 8.99. The topological polar surface area (TPSA) is 79.1 Å². The molecule has 3 aromatic rings. The van der Waals surface area contributed by atoms with Gasteiger partial charge in [-0.05, 0) is 24.3 Å². The first-order chi connectivity index (χ1) is 16.7. The average Bonchev–Trinajstić information content (AvgIpc) is 3.25. The van der Waals surface area contributed by atoms with Crippen molar-refractivity contribution in [1.29, 1.82) is 0 Å². The molecule has 9 heteroatoms. The van der Waals surface area contributed by atoms with Gasteiger partial charge in [0.2, 0.25) is 0 Å². The normalized spacial score (nSPS) is 20.5. The minimum Gasteiger partial charge on any atom is -0.397 e. The van der Waals surface area contributed by atoms with Gasteiger partial charge >= 0.3 is 0 Å². The minimum atomic E-state index is 0.653. The molecule has 0 aliphatic carbocycles. The molecule has 3 saturated heterocycles. The number of aromatic nitrogens is 1. The molecule has 0 bridgehead atoms. The summed E-state index contributed by atoms with van der Waals surface area (Å²) in [6.07, 6.45) is 0. The Bertz CT molecular complexity index is 1140. The lowest BCUT2D eigenvalue weighted by Gasteiger charge is -2.46. The number of benzene rings is 1. The smallest absolute Gasteiger partial charge is 0.137 e. The van der Waals surface area contributed by atoms with E-state index in [-0.39, 0.29) is 0 Å². The molecule has 1 aromatic carbocycles. The first kappa shape index (κ1) is 22.1. The molecule has 3 N–H and O–H groups in total. The molecule has 0 unspecified atom stereocenters. The number of rotatable bonds is 6. The standard InChI is InChI=1S/C25H32N6O2S/c26-21-3-1-2-4-22(21)28-24-14-20-23(34-24)13-18(27-25(20)31-7-11-33-12-8-31)15-29-16-19(17-29)30-5-9-32-10-6-30/h1-4,13-14,19,28H,5-12,15-17,26H2. The van der Waals surface area contributed by atoms with E-state index in [0.29, 0.717) is 6.04 Å². The molecular weight excluding hydrogens is 448 g/mol. The summed E-state index contributed by atoms with van der Waals surface area (Å²) >= 11 is 1.76. The van der Waals surface area contributed by atoms with E-state index in [9.17, 15) is 0 Å². The third-order valence-corrected chi connectivity index (χ3v) is 7.96. The van der Waals surface area contributed by atoms with Crippen molar-refractivity contribution < 1.29 is 9.47 Å². The second kappa shape index (κ2) is 9.67. The van der Waals surface area contributed by atoms with Crippen molar-refractivity contribution in [3.63, 3.8) is 0 Å². The molecular formula is C25H32N6O2S. The van der Waals surface area contributed by atoms with Crippen LogP contribution in [0.15, 0.2) is 36.4 Å². The molecule has 0 saturated carbocycles. The van der Waals surface area contributed by atoms with Crippen molar-refractivity contribution >= 4 is 43.6 Å². The van der Waals surface area contributed by atoms with Crippen LogP contribution >= 0.6 is 11.3 Å². The van der Waals surface area contributed by atoms with Gasteiger partial charge in [-0.1, -0.05) is 12.1 Å². The fourth-order valence-corrected chi connectivity index (χ4v) is 6.07. The lowest BCUT2D eigenvalue weighted by atomic mass is 10.1. The molecule has 3 aliphatic rings. The number of pyridine rings is 1. The maximum Gasteiger partial charge on any atom is 0.137 e. The van der Waals surface area contributed by atoms with Gasteiger partial charge in [-0.2, -0.15) is 0 Å². The molecule has 0 radical (unpaired) electrons. The number of hydrogen-bond acceptors (Lipinski definition) is 9. The van der Waals surface area contributed by atoms with Crippen molar-refractivity contribution in [2.45, 2.75) is 12.6 Å². The summed E-state index contributed by atoms with van der Waals surface area (Å²) in [6.45, 7) is 10.2. The fourth-order valence-electron chi connectivity index (χ4n) is 5.04. The zero-order valence-electron chi connectivity index (χ0n) is 19.4. The number of ether oxygens (including phenoxy) is 2. The first-order valence-electron chi connectivity index (χ1n) is 12.1. The zero-order valence-corrected chi connectivity index (χ0v) is 20.2. The Labute approximate surface area is 204 Å². The lowest BCUT2D eigenvalue weighted by Crippen LogP contribution is -2.60. The highest BCUT2D eigenvalue weighted by Crippen LogP contribution is 2.38. The van der Waals surface area contributed by atoms with Gasteiger partial charge in [-0.25, -0.2) is 4.98 Å². The Morgan fingerprint density at radius 3 is 2.50 bits per heavy atom. The highest BCUT2D eigenvalue weighted by atomic mass is 32.1. The zero-order chi connectivity index (χ0) is 22.9. The third kappa shape index (κ3) is 4.58. The average molecular weight is 481 g/mol. The Balaban J connectivity index is 1.24. The molecule has 5 heterocycles. The summed E-state index contributed by atoms with van der Waals surface area (Å²) in [7, 11) is 0. The van der Waals surface area contributed by atoms with Crippen molar-refractivity contribution in [1.82, 2.24) is 14.8 Å². The predicted molar refractivity (Wildman–Crippen MR) is 138 cm³/mol. The maximum atomic E-state index is 6.17. The van der Waals surface area contributed by atoms with Crippen LogP contribution < -0.4 is 16.0 Å². The van der Waals surface area contributed by atoms with Gasteiger partial charge in [-0.3, -0.25) is 9.80 Å². The van der Waals surface area contributed by atoms with E-state index in [1.807, 2.05) is 24.3 Å². The van der Waals surface area contributed by atoms with Crippen LogP contribution in [0.1, 0.15) is 5.69 Å². The van der Waals surface area contributed by atoms with Crippen LogP contribution in [0.2, 0.25) is 0 Å². The summed E-state index contributed by atoms with van der Waals surface area (Å²) < 4.78 is 12.4. The molecule has 3 fully saturated rings. The highest BCUT2D eigenvalue weighted by Gasteiger charge is 2.33. The molecule has 0 atom stereocenters. The van der Waals surface area contributed by atoms with Crippen molar-refractivity contribution in [2.24, 2.45) is 0 Å². The van der Waals surface area contributed by atoms with E-state index in [1.165, 1.54) is 10.1 Å². The maximum absolute atomic E-state index is 6.17. The van der Waals surface area contributed by atoms with Crippen molar-refractivity contribution in [3.05, 3.63) is 42.1 Å². The summed E-state index contributed by atoms with van der Waals surface area (Å²) in [4.78, 5) is 12.6. The Hall–Kier alpha value is -2.43. The second-order valence-corrected chi connectivity index (χ2v) is 10.4. The third-order valence-electron chi connectivity index (χ3n) is 6.96. The van der Waals surface area contributed by atoms with Gasteiger partial charge in [-0.15, -0.1) is 11.3 Å². The van der Waals surface area contributed by atoms with Gasteiger partial charge in [0.15, 0.2) is 0 Å². The molecule has 180 valence electrons. The number of para-hydroxylation sites is 2. The van der Waals surface area contributed by atoms with E-state index in [2.05, 4.69) is 32.1 Å². The Kier molecular flexibility index (Phi) is 6.28. The van der Waals surface area contributed by atoms with E-state index in [4.69, 9.17) is 20.2 Å². The molecule has 8 nitrogen and oxygen atoms in total. The number of fused-ring (bicyclic) bond motifs is 1. The van der Waals surface area contributed by atoms with Crippen LogP contribution in [0.25, 0.3) is 10.1 Å². The van der Waals surface area contributed by atoms with Crippen molar-refractivity contribution in [2.75, 3.05) is 81.6 Å². The van der Waals surface area contributed by atoms with E-state index in [1.54, 1.807) is 11.3 Å². The van der Waals surface area contributed by atoms with Crippen LogP contribution in [0, 0.1) is 0 Å². The van der Waals surface area contributed by atoms with Crippen LogP contribution in [0.4, 0.5) is 22.2 Å². The number of nitrogen functional groups attached to an aromatic ring is 1. The molecule has 34 heavy (non-hydrogen) atoms. The summed E-state index contributed by atoms with van der Waals surface area (Å²) in [5, 5.41) is 5.79. The quantitative estimate of drug-likeness (QED) is 0.522. The van der Waals surface area contributed by atoms with Gasteiger partial charge in [0.25, 0.3) is 0 Å². The number of nitrogens with one attached hydrogen (secondary N) is 1. The second-order valence-electron chi connectivity index (χ2n) is 9.27. The fraction of sp³-hybridized carbons (Fsp3) is 0.480. The SMILES string of the molecule is Nc1ccccc1Nc1cc2c(N3CCOCC3)nc(CN3CC(N4CCOCC4)C3)cc2s1. The van der Waals surface area contributed by atoms with E-state index < -0.39 is 0 Å². The molecule has 2 aromatic heterocycles. The number of morpholine rings is 2. The summed E-state index contributed by atoms with van der Waals surface area (Å²) in [5.74, 6) is 1.08. The van der Waals surface area contributed by atoms with Crippen molar-refractivity contribution in [3.8, 4) is 0 Å². The Morgan fingerprint density at radius 1 is 1.00 bits per heavy atom. The van der Waals surface area contributed by atoms with Crippen LogP contribution in [0.5, 0.6) is 0 Å². The largest absolute Gasteiger partial charge is 0.397 e. The monoisotopic (exact) mass is 480 g/mol. The number of thiophene rings is 1. The lowest BCUT2D eigenvalue weighted by molar-refractivity contribution is -0.0347. The number of likely N-dealkylation sites (tertiary alicyclic amines) is 1. The van der Waals surface area contributed by atoms with Gasteiger partial charge < -0.3 is 25.4 Å². The molecule has 0 spiro atoms. The van der Waals surface area contributed by atoms with Crippen LogP contribution in [-0.4, -0.2) is 86.5 Å². The van der Waals surface area contributed by atoms with Gasteiger partial charge in [0, 0.05) is 61.9 Å². The van der Waals surface area contributed by atoms with Crippen LogP contribution in [0.3, 0.4) is 0 Å². The number of anilines is 4. The molecule has 0 amide bonds. The summed E-state index contributed by atoms with van der Waals surface area (Å²) in [6, 6.07) is 13.0. The predicted octanol–water partition coefficient (Wildman–Crippen LogP) is 2.98. The van der Waals surface area contributed by atoms with E-state index >= 15 is 0 Å². The molecule has 3 aliphatic heterocycles. The number of nitrogens with two attached hydrogens (primary N) is 1. The van der Waals surface area contributed by atoms with Gasteiger partial charge in [0.1, 0.15) is 5.82 Å². The number of hydrogen-bond donors (Lipinski definition) is 2. The number of nitrogens with zero attached hydrogens (tertiary/aromatic N) is 4. The molecule has 6 rings (SSSR count). The van der Waals surface area contributed by atoms with Gasteiger partial charge in [0.05, 0.1) is 48.5 Å². The minimum absolute atomic E-state index is 0.653. The highest BCUT2D eigenvalue weighted by molar-refractivity contribution is 7.23. The van der Waals surface area contributed by atoms with E-state index in [0.717, 1.165) is 100 Å². The van der Waals surface area contributed by atoms with Crippen LogP contribution in [-0.2, 0) is 16.0 Å². The first-order valence-corrected chi connectivity index (χ1v) is 13.0.